The molecular formula is C31H26IrN2-2. The smallest absolute Gasteiger partial charge is 0.0190 e. The SMILES string of the molecule is Cc1c[c-]c(-c2ccc(C)cn2)cc1.[Ir].[c-]1ccccc1-c1cc(Cc2ccccc2)ccn1. The van der Waals surface area contributed by atoms with Gasteiger partial charge in [-0.3, -0.25) is 0 Å². The van der Waals surface area contributed by atoms with Gasteiger partial charge in [0.25, 0.3) is 0 Å². The molecule has 0 bridgehead atoms. The zero-order valence-corrected chi connectivity index (χ0v) is 21.7. The van der Waals surface area contributed by atoms with Gasteiger partial charge in [-0.2, -0.15) is 0 Å². The summed E-state index contributed by atoms with van der Waals surface area (Å²) in [6, 6.07) is 39.2. The molecule has 0 atom stereocenters. The number of hydrogen-bond acceptors (Lipinski definition) is 2. The van der Waals surface area contributed by atoms with Crippen LogP contribution in [0.5, 0.6) is 0 Å². The average Bonchev–Trinajstić information content (AvgIpc) is 2.87. The van der Waals surface area contributed by atoms with Gasteiger partial charge in [0.2, 0.25) is 0 Å². The molecule has 0 saturated heterocycles. The van der Waals surface area contributed by atoms with E-state index in [1.165, 1.54) is 22.3 Å². The maximum Gasteiger partial charge on any atom is 0.0190 e. The first-order chi connectivity index (χ1) is 16.2. The minimum absolute atomic E-state index is 0. The van der Waals surface area contributed by atoms with Gasteiger partial charge in [0.05, 0.1) is 0 Å². The van der Waals surface area contributed by atoms with Crippen molar-refractivity contribution in [1.82, 2.24) is 9.97 Å². The van der Waals surface area contributed by atoms with Crippen molar-refractivity contribution < 1.29 is 20.1 Å². The summed E-state index contributed by atoms with van der Waals surface area (Å²) in [6.07, 6.45) is 4.68. The predicted octanol–water partition coefficient (Wildman–Crippen LogP) is 7.30. The first kappa shape index (κ1) is 25.2. The normalized spacial score (nSPS) is 9.94. The topological polar surface area (TPSA) is 25.8 Å². The van der Waals surface area contributed by atoms with Crippen LogP contribution in [0.3, 0.4) is 0 Å². The molecule has 2 nitrogen and oxygen atoms in total. The number of rotatable bonds is 4. The predicted molar refractivity (Wildman–Crippen MR) is 136 cm³/mol. The third kappa shape index (κ3) is 7.31. The van der Waals surface area contributed by atoms with Gasteiger partial charge in [-0.25, -0.2) is 0 Å². The summed E-state index contributed by atoms with van der Waals surface area (Å²) in [5.41, 5.74) is 9.05. The van der Waals surface area contributed by atoms with Gasteiger partial charge in [-0.1, -0.05) is 55.5 Å². The van der Waals surface area contributed by atoms with Crippen LogP contribution in [-0.2, 0) is 26.5 Å². The molecule has 0 aliphatic carbocycles. The minimum atomic E-state index is 0. The molecule has 0 unspecified atom stereocenters. The molecule has 5 rings (SSSR count). The van der Waals surface area contributed by atoms with Gasteiger partial charge in [0.1, 0.15) is 0 Å². The fourth-order valence-electron chi connectivity index (χ4n) is 3.40. The third-order valence-corrected chi connectivity index (χ3v) is 5.22. The van der Waals surface area contributed by atoms with Crippen LogP contribution >= 0.6 is 0 Å². The quantitative estimate of drug-likeness (QED) is 0.198. The van der Waals surface area contributed by atoms with Crippen LogP contribution in [0.1, 0.15) is 22.3 Å². The first-order valence-corrected chi connectivity index (χ1v) is 11.0. The van der Waals surface area contributed by atoms with Crippen LogP contribution in [-0.4, -0.2) is 9.97 Å². The van der Waals surface area contributed by atoms with Crippen molar-refractivity contribution in [3.8, 4) is 22.5 Å². The zero-order valence-electron chi connectivity index (χ0n) is 19.3. The molecule has 0 fully saturated rings. The second-order valence-corrected chi connectivity index (χ2v) is 7.99. The molecule has 0 saturated carbocycles. The number of aryl methyl sites for hydroxylation is 2. The standard InChI is InChI=1S/C18H14N.C13H12N.Ir/c1-3-7-15(8-4-1)13-16-11-12-19-18(14-16)17-9-5-2-6-10-17;1-10-3-6-12(7-4-10)13-8-5-11(2)9-14-13;/h1-9,11-12,14H,13H2;3-6,8-9H,1-2H3;/q2*-1;. The van der Waals surface area contributed by atoms with E-state index in [0.717, 1.165) is 28.9 Å². The monoisotopic (exact) mass is 619 g/mol. The van der Waals surface area contributed by atoms with Crippen molar-refractivity contribution in [2.45, 2.75) is 20.3 Å². The maximum absolute atomic E-state index is 4.42. The van der Waals surface area contributed by atoms with Crippen molar-refractivity contribution in [2.75, 3.05) is 0 Å². The third-order valence-electron chi connectivity index (χ3n) is 5.22. The number of nitrogens with zero attached hydrogens (tertiary/aromatic N) is 2. The summed E-state index contributed by atoms with van der Waals surface area (Å²) in [5.74, 6) is 0. The fraction of sp³-hybridized carbons (Fsp3) is 0.0968. The van der Waals surface area contributed by atoms with Crippen LogP contribution in [0.15, 0.2) is 109 Å². The summed E-state index contributed by atoms with van der Waals surface area (Å²) >= 11 is 0. The Hall–Kier alpha value is -3.39. The molecule has 0 amide bonds. The molecule has 34 heavy (non-hydrogen) atoms. The molecule has 171 valence electrons. The molecule has 3 heteroatoms. The maximum atomic E-state index is 4.42. The van der Waals surface area contributed by atoms with E-state index in [-0.39, 0.29) is 20.1 Å². The second kappa shape index (κ2) is 12.7. The molecule has 0 aliphatic rings. The molecule has 0 spiro atoms. The van der Waals surface area contributed by atoms with Crippen molar-refractivity contribution in [2.24, 2.45) is 0 Å². The molecule has 1 radical (unpaired) electrons. The van der Waals surface area contributed by atoms with E-state index in [1.807, 2.05) is 67.8 Å². The van der Waals surface area contributed by atoms with Gasteiger partial charge < -0.3 is 9.97 Å². The largest absolute Gasteiger partial charge is 0.305 e. The summed E-state index contributed by atoms with van der Waals surface area (Å²) in [4.78, 5) is 8.77. The zero-order chi connectivity index (χ0) is 22.9. The van der Waals surface area contributed by atoms with Crippen molar-refractivity contribution in [3.63, 3.8) is 0 Å². The Morgan fingerprint density at radius 1 is 0.647 bits per heavy atom. The molecule has 3 aromatic carbocycles. The van der Waals surface area contributed by atoms with Gasteiger partial charge in [-0.15, -0.1) is 71.3 Å². The Bertz CT molecular complexity index is 1220. The molecule has 2 heterocycles. The van der Waals surface area contributed by atoms with E-state index in [2.05, 4.69) is 77.6 Å². The number of hydrogen-bond donors (Lipinski definition) is 0. The molecule has 0 aliphatic heterocycles. The van der Waals surface area contributed by atoms with E-state index < -0.39 is 0 Å². The summed E-state index contributed by atoms with van der Waals surface area (Å²) in [6.45, 7) is 4.10. The Morgan fingerprint density at radius 2 is 1.41 bits per heavy atom. The fourth-order valence-corrected chi connectivity index (χ4v) is 3.40. The Balaban J connectivity index is 0.000000193. The van der Waals surface area contributed by atoms with Crippen molar-refractivity contribution in [3.05, 3.63) is 144 Å². The number of pyridine rings is 2. The second-order valence-electron chi connectivity index (χ2n) is 7.99. The number of aromatic nitrogens is 2. The summed E-state index contributed by atoms with van der Waals surface area (Å²) < 4.78 is 0. The van der Waals surface area contributed by atoms with E-state index in [0.29, 0.717) is 0 Å². The molecule has 0 N–H and O–H groups in total. The van der Waals surface area contributed by atoms with E-state index in [1.54, 1.807) is 0 Å². The van der Waals surface area contributed by atoms with Gasteiger partial charge >= 0.3 is 0 Å². The van der Waals surface area contributed by atoms with Crippen molar-refractivity contribution >= 4 is 0 Å². The van der Waals surface area contributed by atoms with Crippen LogP contribution in [0, 0.1) is 26.0 Å². The molecular weight excluding hydrogens is 593 g/mol. The Kier molecular flexibility index (Phi) is 9.46. The van der Waals surface area contributed by atoms with E-state index in [4.69, 9.17) is 0 Å². The summed E-state index contributed by atoms with van der Waals surface area (Å²) in [5, 5.41) is 0. The van der Waals surface area contributed by atoms with Crippen molar-refractivity contribution in [1.29, 1.82) is 0 Å². The van der Waals surface area contributed by atoms with Crippen LogP contribution in [0.4, 0.5) is 0 Å². The average molecular weight is 619 g/mol. The number of benzene rings is 3. The van der Waals surface area contributed by atoms with E-state index in [9.17, 15) is 0 Å². The summed E-state index contributed by atoms with van der Waals surface area (Å²) in [7, 11) is 0. The molecule has 5 aromatic rings. The Morgan fingerprint density at radius 3 is 2.09 bits per heavy atom. The van der Waals surface area contributed by atoms with Crippen LogP contribution < -0.4 is 0 Å². The minimum Gasteiger partial charge on any atom is -0.305 e. The van der Waals surface area contributed by atoms with Gasteiger partial charge in [-0.05, 0) is 47.5 Å². The first-order valence-electron chi connectivity index (χ1n) is 11.0. The molecule has 2 aromatic heterocycles. The van der Waals surface area contributed by atoms with Gasteiger partial charge in [0.15, 0.2) is 0 Å². The van der Waals surface area contributed by atoms with Crippen LogP contribution in [0.2, 0.25) is 0 Å². The van der Waals surface area contributed by atoms with Crippen LogP contribution in [0.25, 0.3) is 22.5 Å². The Labute approximate surface area is 216 Å². The van der Waals surface area contributed by atoms with Gasteiger partial charge in [0, 0.05) is 32.5 Å². The van der Waals surface area contributed by atoms with E-state index >= 15 is 0 Å².